The molecule has 1 aromatic carbocycles. The number of urea groups is 1. The summed E-state index contributed by atoms with van der Waals surface area (Å²) in [4.78, 5) is 28.1. The number of halogens is 1. The van der Waals surface area contributed by atoms with E-state index in [1.807, 2.05) is 0 Å². The van der Waals surface area contributed by atoms with Crippen LogP contribution in [0.25, 0.3) is 0 Å². The topological polar surface area (TPSA) is 90.0 Å². The molecule has 1 N–H and O–H groups in total. The molecule has 1 spiro atoms. The number of carbonyl (C=O) groups excluding carboxylic acids is 2. The number of likely N-dealkylation sites (tertiary alicyclic amines) is 1. The third-order valence-corrected chi connectivity index (χ3v) is 6.50. The van der Waals surface area contributed by atoms with Gasteiger partial charge < -0.3 is 15.1 Å². The molecule has 2 saturated heterocycles. The Bertz CT molecular complexity index is 862. The predicted octanol–water partition coefficient (Wildman–Crippen LogP) is 1.30. The van der Waals surface area contributed by atoms with Crippen molar-refractivity contribution in [1.82, 2.24) is 14.1 Å². The van der Waals surface area contributed by atoms with E-state index in [0.717, 1.165) is 6.26 Å². The van der Waals surface area contributed by atoms with Gasteiger partial charge in [-0.05, 0) is 18.2 Å². The Labute approximate surface area is 164 Å². The van der Waals surface area contributed by atoms with Crippen molar-refractivity contribution in [3.8, 4) is 0 Å². The first-order valence-corrected chi connectivity index (χ1v) is 10.8. The molecule has 8 nitrogen and oxygen atoms in total. The number of hydrogen-bond donors (Lipinski definition) is 1. The molecule has 3 amide bonds. The molecule has 1 aromatic rings. The molecule has 3 rings (SSSR count). The van der Waals surface area contributed by atoms with Crippen LogP contribution in [-0.4, -0.2) is 80.5 Å². The average molecular weight is 415 g/mol. The number of nitrogens with zero attached hydrogens (tertiary/aromatic N) is 3. The van der Waals surface area contributed by atoms with Crippen LogP contribution in [0.3, 0.4) is 0 Å². The van der Waals surface area contributed by atoms with Gasteiger partial charge in [-0.3, -0.25) is 4.79 Å². The number of hydrogen-bond acceptors (Lipinski definition) is 4. The molecule has 2 fully saturated rings. The first-order chi connectivity index (χ1) is 12.6. The number of nitrogens with one attached hydrogen (secondary N) is 1. The lowest BCUT2D eigenvalue weighted by atomic mass is 9.86. The molecular formula is C17H23ClN4O4S. The number of anilines is 1. The molecule has 0 saturated carbocycles. The van der Waals surface area contributed by atoms with Crippen molar-refractivity contribution in [2.45, 2.75) is 6.42 Å². The monoisotopic (exact) mass is 414 g/mol. The molecule has 2 aliphatic heterocycles. The van der Waals surface area contributed by atoms with Crippen LogP contribution in [-0.2, 0) is 14.8 Å². The highest BCUT2D eigenvalue weighted by Gasteiger charge is 2.47. The molecule has 0 radical (unpaired) electrons. The van der Waals surface area contributed by atoms with E-state index in [-0.39, 0.29) is 38.0 Å². The van der Waals surface area contributed by atoms with Gasteiger partial charge >= 0.3 is 6.03 Å². The SMILES string of the molecule is CN1C[C@@]2(CC1=O)CN(C(=O)Nc1cccc(Cl)c1)CCN(S(C)(=O)=O)C2. The molecule has 0 aliphatic carbocycles. The second-order valence-electron chi connectivity index (χ2n) is 7.39. The summed E-state index contributed by atoms with van der Waals surface area (Å²) < 4.78 is 25.6. The zero-order valence-electron chi connectivity index (χ0n) is 15.3. The number of amides is 3. The van der Waals surface area contributed by atoms with Crippen molar-refractivity contribution < 1.29 is 18.0 Å². The van der Waals surface area contributed by atoms with Gasteiger partial charge in [-0.25, -0.2) is 13.2 Å². The van der Waals surface area contributed by atoms with Crippen LogP contribution in [0.5, 0.6) is 0 Å². The van der Waals surface area contributed by atoms with Gasteiger partial charge in [0.05, 0.1) is 6.26 Å². The van der Waals surface area contributed by atoms with Crippen LogP contribution in [0, 0.1) is 5.41 Å². The maximum atomic E-state index is 12.8. The van der Waals surface area contributed by atoms with E-state index < -0.39 is 15.4 Å². The molecule has 0 unspecified atom stereocenters. The smallest absolute Gasteiger partial charge is 0.321 e. The Morgan fingerprint density at radius 1 is 1.22 bits per heavy atom. The second-order valence-corrected chi connectivity index (χ2v) is 9.80. The summed E-state index contributed by atoms with van der Waals surface area (Å²) in [7, 11) is -1.74. The average Bonchev–Trinajstić information content (AvgIpc) is 2.72. The first kappa shape index (κ1) is 19.9. The van der Waals surface area contributed by atoms with E-state index in [9.17, 15) is 18.0 Å². The molecular weight excluding hydrogens is 392 g/mol. The Morgan fingerprint density at radius 2 is 1.96 bits per heavy atom. The standard InChI is InChI=1S/C17H23ClN4O4S/c1-20-10-17(9-15(20)23)11-21(6-7-22(12-17)27(2,25)26)16(24)19-14-5-3-4-13(18)8-14/h3-5,8H,6-7,9-12H2,1-2H3,(H,19,24)/t17-/m0/s1. The molecule has 2 aliphatic rings. The third kappa shape index (κ3) is 4.53. The molecule has 0 aromatic heterocycles. The van der Waals surface area contributed by atoms with E-state index in [2.05, 4.69) is 5.32 Å². The summed E-state index contributed by atoms with van der Waals surface area (Å²) >= 11 is 5.96. The van der Waals surface area contributed by atoms with Gasteiger partial charge in [0.25, 0.3) is 0 Å². The lowest BCUT2D eigenvalue weighted by Crippen LogP contribution is -2.45. The van der Waals surface area contributed by atoms with Crippen molar-refractivity contribution >= 4 is 39.2 Å². The highest BCUT2D eigenvalue weighted by Crippen LogP contribution is 2.35. The summed E-state index contributed by atoms with van der Waals surface area (Å²) in [5, 5.41) is 3.30. The number of benzene rings is 1. The Kier molecular flexibility index (Phi) is 5.38. The molecule has 27 heavy (non-hydrogen) atoms. The van der Waals surface area contributed by atoms with Gasteiger partial charge in [0.15, 0.2) is 0 Å². The van der Waals surface area contributed by atoms with E-state index in [4.69, 9.17) is 11.6 Å². The summed E-state index contributed by atoms with van der Waals surface area (Å²) in [6, 6.07) is 6.48. The quantitative estimate of drug-likeness (QED) is 0.789. The lowest BCUT2D eigenvalue weighted by molar-refractivity contribution is -0.126. The molecule has 2 heterocycles. The highest BCUT2D eigenvalue weighted by molar-refractivity contribution is 7.88. The van der Waals surface area contributed by atoms with Gasteiger partial charge in [-0.1, -0.05) is 17.7 Å². The van der Waals surface area contributed by atoms with Crippen molar-refractivity contribution in [3.05, 3.63) is 29.3 Å². The number of rotatable bonds is 2. The van der Waals surface area contributed by atoms with Crippen LogP contribution in [0.1, 0.15) is 6.42 Å². The minimum absolute atomic E-state index is 0.0412. The summed E-state index contributed by atoms with van der Waals surface area (Å²) in [6.07, 6.45) is 1.37. The summed E-state index contributed by atoms with van der Waals surface area (Å²) in [5.74, 6) is -0.0412. The Balaban J connectivity index is 1.83. The first-order valence-electron chi connectivity index (χ1n) is 8.59. The normalized spacial score (nSPS) is 24.3. The predicted molar refractivity (Wildman–Crippen MR) is 103 cm³/mol. The zero-order chi connectivity index (χ0) is 19.8. The van der Waals surface area contributed by atoms with Crippen LogP contribution < -0.4 is 5.32 Å². The van der Waals surface area contributed by atoms with Crippen molar-refractivity contribution in [3.63, 3.8) is 0 Å². The molecule has 148 valence electrons. The van der Waals surface area contributed by atoms with E-state index in [0.29, 0.717) is 23.8 Å². The maximum absolute atomic E-state index is 12.8. The van der Waals surface area contributed by atoms with Crippen LogP contribution in [0.2, 0.25) is 5.02 Å². The van der Waals surface area contributed by atoms with E-state index in [1.165, 1.54) is 4.31 Å². The highest BCUT2D eigenvalue weighted by atomic mass is 35.5. The minimum Gasteiger partial charge on any atom is -0.345 e. The Hall–Kier alpha value is -1.84. The zero-order valence-corrected chi connectivity index (χ0v) is 16.9. The van der Waals surface area contributed by atoms with Crippen molar-refractivity contribution in [2.24, 2.45) is 5.41 Å². The largest absolute Gasteiger partial charge is 0.345 e. The van der Waals surface area contributed by atoms with E-state index in [1.54, 1.807) is 41.1 Å². The third-order valence-electron chi connectivity index (χ3n) is 5.01. The van der Waals surface area contributed by atoms with Gasteiger partial charge in [0.2, 0.25) is 15.9 Å². The molecule has 0 bridgehead atoms. The van der Waals surface area contributed by atoms with Crippen LogP contribution in [0.15, 0.2) is 24.3 Å². The van der Waals surface area contributed by atoms with Crippen molar-refractivity contribution in [2.75, 3.05) is 51.3 Å². The van der Waals surface area contributed by atoms with Gasteiger partial charge in [0, 0.05) is 62.3 Å². The van der Waals surface area contributed by atoms with Crippen molar-refractivity contribution in [1.29, 1.82) is 0 Å². The number of carbonyl (C=O) groups is 2. The van der Waals surface area contributed by atoms with Gasteiger partial charge in [-0.15, -0.1) is 0 Å². The molecule has 10 heteroatoms. The Morgan fingerprint density at radius 3 is 2.56 bits per heavy atom. The fraction of sp³-hybridized carbons (Fsp3) is 0.529. The lowest BCUT2D eigenvalue weighted by Gasteiger charge is -2.32. The van der Waals surface area contributed by atoms with Crippen LogP contribution in [0.4, 0.5) is 10.5 Å². The second kappa shape index (κ2) is 7.29. The maximum Gasteiger partial charge on any atom is 0.321 e. The molecule has 1 atom stereocenters. The fourth-order valence-electron chi connectivity index (χ4n) is 3.76. The number of sulfonamides is 1. The van der Waals surface area contributed by atoms with Gasteiger partial charge in [-0.2, -0.15) is 4.31 Å². The van der Waals surface area contributed by atoms with Crippen LogP contribution >= 0.6 is 11.6 Å². The summed E-state index contributed by atoms with van der Waals surface area (Å²) in [6.45, 7) is 1.39. The van der Waals surface area contributed by atoms with Gasteiger partial charge in [0.1, 0.15) is 0 Å². The minimum atomic E-state index is -3.43. The fourth-order valence-corrected chi connectivity index (χ4v) is 4.87. The van der Waals surface area contributed by atoms with E-state index >= 15 is 0 Å². The summed E-state index contributed by atoms with van der Waals surface area (Å²) in [5.41, 5.74) is -0.0535.